The van der Waals surface area contributed by atoms with E-state index in [2.05, 4.69) is 10.6 Å². The molecule has 4 rings (SSSR count). The maximum Gasteiger partial charge on any atom is 0.325 e. The van der Waals surface area contributed by atoms with E-state index in [-0.39, 0.29) is 5.75 Å². The predicted octanol–water partition coefficient (Wildman–Crippen LogP) is 2.48. The summed E-state index contributed by atoms with van der Waals surface area (Å²) in [6, 6.07) is 13.5. The van der Waals surface area contributed by atoms with Gasteiger partial charge in [0.05, 0.1) is 17.5 Å². The Morgan fingerprint density at radius 3 is 2.75 bits per heavy atom. The van der Waals surface area contributed by atoms with Crippen LogP contribution in [0.5, 0.6) is 11.5 Å². The van der Waals surface area contributed by atoms with E-state index in [1.807, 2.05) is 6.07 Å². The molecule has 2 aromatic rings. The van der Waals surface area contributed by atoms with E-state index in [9.17, 15) is 14.4 Å². The minimum atomic E-state index is -1.34. The quantitative estimate of drug-likeness (QED) is 0.510. The molecule has 32 heavy (non-hydrogen) atoms. The Balaban J connectivity index is 1.49. The number of urea groups is 1. The molecule has 2 N–H and O–H groups in total. The molecule has 2 aliphatic heterocycles. The first-order valence-electron chi connectivity index (χ1n) is 9.85. The van der Waals surface area contributed by atoms with Crippen molar-refractivity contribution in [2.75, 3.05) is 30.8 Å². The zero-order valence-electron chi connectivity index (χ0n) is 17.2. The number of rotatable bonds is 6. The third-order valence-electron chi connectivity index (χ3n) is 5.15. The number of nitrogens with zero attached hydrogens (tertiary/aromatic N) is 2. The van der Waals surface area contributed by atoms with Gasteiger partial charge in [0.1, 0.15) is 25.3 Å². The minimum absolute atomic E-state index is 0.230. The zero-order valence-corrected chi connectivity index (χ0v) is 18.0. The average Bonchev–Trinajstić information content (AvgIpc) is 3.02. The highest BCUT2D eigenvalue weighted by atomic mass is 32.2. The van der Waals surface area contributed by atoms with E-state index in [0.717, 1.165) is 9.80 Å². The van der Waals surface area contributed by atoms with Crippen LogP contribution in [0, 0.1) is 11.3 Å². The lowest BCUT2D eigenvalue weighted by molar-refractivity contribution is -0.133. The van der Waals surface area contributed by atoms with E-state index < -0.39 is 29.9 Å². The molecule has 1 fully saturated rings. The van der Waals surface area contributed by atoms with Gasteiger partial charge in [0.2, 0.25) is 5.91 Å². The van der Waals surface area contributed by atoms with Crippen LogP contribution in [0.4, 0.5) is 10.5 Å². The molecule has 9 nitrogen and oxygen atoms in total. The summed E-state index contributed by atoms with van der Waals surface area (Å²) in [6.45, 7) is 1.99. The van der Waals surface area contributed by atoms with Crippen molar-refractivity contribution in [1.29, 1.82) is 5.26 Å². The van der Waals surface area contributed by atoms with Crippen molar-refractivity contribution in [1.82, 2.24) is 10.2 Å². The molecule has 1 saturated heterocycles. The Morgan fingerprint density at radius 1 is 1.22 bits per heavy atom. The SMILES string of the molecule is C[C@]1(c2ccc3c(c2)OCCO3)NC(=O)N(CC(=O)Nc2ccccc2SCC#N)C1=O. The summed E-state index contributed by atoms with van der Waals surface area (Å²) >= 11 is 1.28. The standard InChI is InChI=1S/C22H20N4O5S/c1-22(14-6-7-16-17(12-14)31-10-9-30-16)20(28)26(21(29)25-22)13-19(27)24-15-4-2-3-5-18(15)32-11-8-23/h2-7,12H,9-11,13H2,1H3,(H,24,27)(H,25,29)/t22-/m1/s1. The molecule has 0 spiro atoms. The van der Waals surface area contributed by atoms with E-state index in [0.29, 0.717) is 36.0 Å². The molecule has 0 radical (unpaired) electrons. The number of carbonyl (C=O) groups excluding carboxylic acids is 3. The third-order valence-corrected chi connectivity index (χ3v) is 6.09. The molecule has 2 aliphatic rings. The molecule has 0 aromatic heterocycles. The predicted molar refractivity (Wildman–Crippen MR) is 116 cm³/mol. The number of carbonyl (C=O) groups is 3. The highest BCUT2D eigenvalue weighted by Crippen LogP contribution is 2.37. The second kappa shape index (κ2) is 8.80. The van der Waals surface area contributed by atoms with Gasteiger partial charge in [-0.2, -0.15) is 5.26 Å². The summed E-state index contributed by atoms with van der Waals surface area (Å²) in [7, 11) is 0. The van der Waals surface area contributed by atoms with E-state index in [1.165, 1.54) is 11.8 Å². The summed E-state index contributed by atoms with van der Waals surface area (Å²) in [6.07, 6.45) is 0. The van der Waals surface area contributed by atoms with E-state index in [4.69, 9.17) is 14.7 Å². The van der Waals surface area contributed by atoms with Gasteiger partial charge in [0.25, 0.3) is 5.91 Å². The van der Waals surface area contributed by atoms with Crippen LogP contribution < -0.4 is 20.1 Å². The topological polar surface area (TPSA) is 121 Å². The number of hydrogen-bond donors (Lipinski definition) is 2. The Labute approximate surface area is 188 Å². The Bertz CT molecular complexity index is 1130. The summed E-state index contributed by atoms with van der Waals surface area (Å²) in [5.41, 5.74) is -0.297. The van der Waals surface area contributed by atoms with Gasteiger partial charge in [-0.15, -0.1) is 11.8 Å². The molecular formula is C22H20N4O5S. The number of nitrogens with one attached hydrogen (secondary N) is 2. The number of anilines is 1. The molecule has 2 heterocycles. The molecule has 0 bridgehead atoms. The number of thioether (sulfide) groups is 1. The van der Waals surface area contributed by atoms with Crippen molar-refractivity contribution >= 4 is 35.3 Å². The van der Waals surface area contributed by atoms with Gasteiger partial charge in [0, 0.05) is 4.90 Å². The lowest BCUT2D eigenvalue weighted by atomic mass is 9.91. The van der Waals surface area contributed by atoms with Gasteiger partial charge in [0.15, 0.2) is 11.5 Å². The highest BCUT2D eigenvalue weighted by molar-refractivity contribution is 7.99. The van der Waals surface area contributed by atoms with Crippen LogP contribution in [-0.2, 0) is 15.1 Å². The van der Waals surface area contributed by atoms with Gasteiger partial charge in [-0.05, 0) is 36.8 Å². The first-order chi connectivity index (χ1) is 15.4. The van der Waals surface area contributed by atoms with Crippen LogP contribution in [-0.4, -0.2) is 48.3 Å². The first kappa shape index (κ1) is 21.5. The van der Waals surface area contributed by atoms with Crippen molar-refractivity contribution in [3.63, 3.8) is 0 Å². The summed E-state index contributed by atoms with van der Waals surface area (Å²) in [5.74, 6) is 0.240. The first-order valence-corrected chi connectivity index (χ1v) is 10.8. The monoisotopic (exact) mass is 452 g/mol. The maximum absolute atomic E-state index is 13.2. The number of imide groups is 1. The number of ether oxygens (including phenoxy) is 2. The van der Waals surface area contributed by atoms with Gasteiger partial charge in [-0.1, -0.05) is 18.2 Å². The highest BCUT2D eigenvalue weighted by Gasteiger charge is 2.49. The maximum atomic E-state index is 13.2. The van der Waals surface area contributed by atoms with Crippen LogP contribution in [0.2, 0.25) is 0 Å². The van der Waals surface area contributed by atoms with Crippen molar-refractivity contribution in [2.24, 2.45) is 0 Å². The van der Waals surface area contributed by atoms with Crippen LogP contribution in [0.15, 0.2) is 47.4 Å². The second-order valence-corrected chi connectivity index (χ2v) is 8.31. The van der Waals surface area contributed by atoms with Crippen LogP contribution in [0.3, 0.4) is 0 Å². The molecule has 10 heteroatoms. The largest absolute Gasteiger partial charge is 0.486 e. The molecule has 164 valence electrons. The molecule has 0 unspecified atom stereocenters. The summed E-state index contributed by atoms with van der Waals surface area (Å²) in [5, 5.41) is 14.2. The lowest BCUT2D eigenvalue weighted by Gasteiger charge is -2.25. The average molecular weight is 452 g/mol. The molecule has 0 aliphatic carbocycles. The number of fused-ring (bicyclic) bond motifs is 1. The third kappa shape index (κ3) is 4.07. The van der Waals surface area contributed by atoms with Crippen LogP contribution >= 0.6 is 11.8 Å². The molecule has 2 aromatic carbocycles. The van der Waals surface area contributed by atoms with Gasteiger partial charge < -0.3 is 20.1 Å². The second-order valence-electron chi connectivity index (χ2n) is 7.30. The van der Waals surface area contributed by atoms with E-state index >= 15 is 0 Å². The fourth-order valence-corrected chi connectivity index (χ4v) is 4.20. The summed E-state index contributed by atoms with van der Waals surface area (Å²) in [4.78, 5) is 40.0. The van der Waals surface area contributed by atoms with Gasteiger partial charge in [-0.3, -0.25) is 14.5 Å². The van der Waals surface area contributed by atoms with Crippen molar-refractivity contribution in [3.8, 4) is 17.6 Å². The van der Waals surface area contributed by atoms with Gasteiger partial charge in [-0.25, -0.2) is 4.79 Å². The van der Waals surface area contributed by atoms with Crippen molar-refractivity contribution in [2.45, 2.75) is 17.4 Å². The number of para-hydroxylation sites is 1. The Morgan fingerprint density at radius 2 is 1.97 bits per heavy atom. The lowest BCUT2D eigenvalue weighted by Crippen LogP contribution is -2.42. The summed E-state index contributed by atoms with van der Waals surface area (Å²) < 4.78 is 11.1. The minimum Gasteiger partial charge on any atom is -0.486 e. The molecule has 0 saturated carbocycles. The Kier molecular flexibility index (Phi) is 5.92. The fourth-order valence-electron chi connectivity index (χ4n) is 3.53. The zero-order chi connectivity index (χ0) is 22.7. The molecular weight excluding hydrogens is 432 g/mol. The number of amides is 4. The van der Waals surface area contributed by atoms with Gasteiger partial charge >= 0.3 is 6.03 Å². The smallest absolute Gasteiger partial charge is 0.325 e. The number of nitriles is 1. The normalized spacial score (nSPS) is 19.3. The van der Waals surface area contributed by atoms with E-state index in [1.54, 1.807) is 49.4 Å². The van der Waals surface area contributed by atoms with Crippen molar-refractivity contribution in [3.05, 3.63) is 48.0 Å². The number of hydrogen-bond acceptors (Lipinski definition) is 7. The van der Waals surface area contributed by atoms with Crippen LogP contribution in [0.1, 0.15) is 12.5 Å². The van der Waals surface area contributed by atoms with Crippen LogP contribution in [0.25, 0.3) is 0 Å². The van der Waals surface area contributed by atoms with Crippen molar-refractivity contribution < 1.29 is 23.9 Å². The molecule has 1 atom stereocenters. The Hall–Kier alpha value is -3.71. The fraction of sp³-hybridized carbons (Fsp3) is 0.273. The molecule has 4 amide bonds. The number of benzene rings is 2.